The van der Waals surface area contributed by atoms with E-state index in [9.17, 15) is 26.3 Å². The molecule has 3 aromatic rings. The molecule has 0 saturated carbocycles. The Morgan fingerprint density at radius 1 is 0.679 bits per heavy atom. The van der Waals surface area contributed by atoms with Crippen molar-refractivity contribution >= 4 is 5.83 Å². The van der Waals surface area contributed by atoms with Gasteiger partial charge < -0.3 is 0 Å². The molecule has 144 valence electrons. The quantitative estimate of drug-likeness (QED) is 0.396. The van der Waals surface area contributed by atoms with Crippen molar-refractivity contribution in [2.24, 2.45) is 0 Å². The van der Waals surface area contributed by atoms with Crippen LogP contribution < -0.4 is 0 Å². The van der Waals surface area contributed by atoms with Gasteiger partial charge in [0.05, 0.1) is 5.56 Å². The second-order valence-electron chi connectivity index (χ2n) is 6.16. The van der Waals surface area contributed by atoms with Crippen molar-refractivity contribution in [2.75, 3.05) is 0 Å². The van der Waals surface area contributed by atoms with Crippen LogP contribution in [0.5, 0.6) is 0 Å². The minimum Gasteiger partial charge on any atom is -0.209 e. The van der Waals surface area contributed by atoms with Gasteiger partial charge in [-0.05, 0) is 41.3 Å². The van der Waals surface area contributed by atoms with E-state index in [0.29, 0.717) is 5.56 Å². The number of benzene rings is 3. The molecule has 0 atom stereocenters. The molecule has 3 aromatic carbocycles. The average Bonchev–Trinajstić information content (AvgIpc) is 2.66. The van der Waals surface area contributed by atoms with Gasteiger partial charge in [-0.2, -0.15) is 0 Å². The lowest BCUT2D eigenvalue weighted by atomic mass is 9.98. The molecule has 0 aliphatic carbocycles. The van der Waals surface area contributed by atoms with Gasteiger partial charge >= 0.3 is 0 Å². The Hall–Kier alpha value is -3.02. The molecular formula is C22H14F6. The maximum absolute atomic E-state index is 13.8. The maximum Gasteiger partial charge on any atom is 0.269 e. The number of halogens is 6. The average molecular weight is 392 g/mol. The fraction of sp³-hybridized carbons (Fsp3) is 0.0909. The summed E-state index contributed by atoms with van der Waals surface area (Å²) in [6, 6.07) is 14.4. The van der Waals surface area contributed by atoms with E-state index < -0.39 is 35.3 Å². The molecule has 0 aliphatic heterocycles. The molecule has 0 aliphatic rings. The van der Waals surface area contributed by atoms with Crippen molar-refractivity contribution in [1.29, 1.82) is 0 Å². The van der Waals surface area contributed by atoms with Crippen LogP contribution in [0.15, 0.2) is 66.5 Å². The van der Waals surface area contributed by atoms with Gasteiger partial charge in [0.25, 0.3) is 6.43 Å². The van der Waals surface area contributed by atoms with Gasteiger partial charge in [-0.15, -0.1) is 0 Å². The van der Waals surface area contributed by atoms with E-state index in [-0.39, 0.29) is 11.1 Å². The molecule has 28 heavy (non-hydrogen) atoms. The fourth-order valence-corrected chi connectivity index (χ4v) is 2.82. The van der Waals surface area contributed by atoms with Gasteiger partial charge in [0.15, 0.2) is 5.83 Å². The van der Waals surface area contributed by atoms with Crippen LogP contribution in [0.4, 0.5) is 26.3 Å². The van der Waals surface area contributed by atoms with Gasteiger partial charge in [-0.25, -0.2) is 26.3 Å². The highest BCUT2D eigenvalue weighted by atomic mass is 19.3. The Balaban J connectivity index is 1.89. The first kappa shape index (κ1) is 19.7. The minimum atomic E-state index is -3.24. The highest BCUT2D eigenvalue weighted by Gasteiger charge is 2.20. The van der Waals surface area contributed by atoms with Crippen molar-refractivity contribution in [3.8, 4) is 22.3 Å². The first-order valence-corrected chi connectivity index (χ1v) is 8.28. The summed E-state index contributed by atoms with van der Waals surface area (Å²) in [5.74, 6) is -4.45. The zero-order chi connectivity index (χ0) is 20.4. The summed E-state index contributed by atoms with van der Waals surface area (Å²) in [6.07, 6.45) is -3.24. The van der Waals surface area contributed by atoms with Crippen LogP contribution >= 0.6 is 0 Å². The summed E-state index contributed by atoms with van der Waals surface area (Å²) in [7, 11) is 0. The summed E-state index contributed by atoms with van der Waals surface area (Å²) >= 11 is 0. The van der Waals surface area contributed by atoms with Crippen molar-refractivity contribution in [1.82, 2.24) is 0 Å². The molecular weight excluding hydrogens is 378 g/mol. The Kier molecular flexibility index (Phi) is 5.58. The van der Waals surface area contributed by atoms with Crippen molar-refractivity contribution in [3.63, 3.8) is 0 Å². The highest BCUT2D eigenvalue weighted by molar-refractivity contribution is 5.72. The molecule has 0 fully saturated rings. The molecule has 0 bridgehead atoms. The van der Waals surface area contributed by atoms with E-state index in [2.05, 4.69) is 0 Å². The maximum atomic E-state index is 13.8. The molecule has 0 unspecified atom stereocenters. The smallest absolute Gasteiger partial charge is 0.209 e. The SMILES string of the molecule is C/C(F)=C(\F)c1ccc(-c2ccc(-c3cc(F)c(C(F)F)c(F)c3)cc2)cc1. The second-order valence-corrected chi connectivity index (χ2v) is 6.16. The van der Waals surface area contributed by atoms with Gasteiger partial charge in [0, 0.05) is 5.56 Å². The largest absolute Gasteiger partial charge is 0.269 e. The molecule has 0 aromatic heterocycles. The van der Waals surface area contributed by atoms with Crippen LogP contribution in [0.3, 0.4) is 0 Å². The van der Waals surface area contributed by atoms with Gasteiger partial charge in [0.1, 0.15) is 17.5 Å². The molecule has 0 saturated heterocycles. The second kappa shape index (κ2) is 7.92. The summed E-state index contributed by atoms with van der Waals surface area (Å²) in [4.78, 5) is 0. The van der Waals surface area contributed by atoms with E-state index in [0.717, 1.165) is 30.2 Å². The van der Waals surface area contributed by atoms with E-state index in [1.54, 1.807) is 36.4 Å². The predicted octanol–water partition coefficient (Wildman–Crippen LogP) is 7.86. The lowest BCUT2D eigenvalue weighted by Crippen LogP contribution is -1.97. The normalized spacial score (nSPS) is 12.3. The number of allylic oxidation sites excluding steroid dienone is 1. The van der Waals surface area contributed by atoms with E-state index in [4.69, 9.17) is 0 Å². The molecule has 0 heterocycles. The van der Waals surface area contributed by atoms with Crippen molar-refractivity contribution in [3.05, 3.63) is 89.3 Å². The predicted molar refractivity (Wildman–Crippen MR) is 97.0 cm³/mol. The van der Waals surface area contributed by atoms with E-state index in [1.165, 1.54) is 12.1 Å². The topological polar surface area (TPSA) is 0 Å². The zero-order valence-electron chi connectivity index (χ0n) is 14.6. The number of rotatable bonds is 4. The molecule has 6 heteroatoms. The molecule has 0 N–H and O–H groups in total. The zero-order valence-corrected chi connectivity index (χ0v) is 14.6. The van der Waals surface area contributed by atoms with Crippen molar-refractivity contribution in [2.45, 2.75) is 13.3 Å². The summed E-state index contributed by atoms with van der Waals surface area (Å²) in [6.45, 7) is 1.03. The van der Waals surface area contributed by atoms with Crippen LogP contribution in [-0.4, -0.2) is 0 Å². The highest BCUT2D eigenvalue weighted by Crippen LogP contribution is 2.32. The molecule has 0 nitrogen and oxygen atoms in total. The fourth-order valence-electron chi connectivity index (χ4n) is 2.82. The van der Waals surface area contributed by atoms with Crippen LogP contribution in [0, 0.1) is 11.6 Å². The number of alkyl halides is 2. The van der Waals surface area contributed by atoms with Crippen molar-refractivity contribution < 1.29 is 26.3 Å². The van der Waals surface area contributed by atoms with E-state index in [1.807, 2.05) is 0 Å². The molecule has 0 radical (unpaired) electrons. The van der Waals surface area contributed by atoms with Gasteiger partial charge in [-0.1, -0.05) is 48.5 Å². The van der Waals surface area contributed by atoms with Gasteiger partial charge in [0.2, 0.25) is 0 Å². The monoisotopic (exact) mass is 392 g/mol. The van der Waals surface area contributed by atoms with Crippen LogP contribution in [0.2, 0.25) is 0 Å². The molecule has 3 rings (SSSR count). The Morgan fingerprint density at radius 2 is 1.07 bits per heavy atom. The number of hydrogen-bond donors (Lipinski definition) is 0. The van der Waals surface area contributed by atoms with Crippen LogP contribution in [0.1, 0.15) is 24.5 Å². The molecule has 0 spiro atoms. The van der Waals surface area contributed by atoms with Gasteiger partial charge in [-0.3, -0.25) is 0 Å². The Bertz CT molecular complexity index is 991. The first-order valence-electron chi connectivity index (χ1n) is 8.28. The third-order valence-corrected chi connectivity index (χ3v) is 4.29. The van der Waals surface area contributed by atoms with Crippen LogP contribution in [0.25, 0.3) is 28.1 Å². The summed E-state index contributed by atoms with van der Waals surface area (Å²) < 4.78 is 79.4. The number of hydrogen-bond acceptors (Lipinski definition) is 0. The lowest BCUT2D eigenvalue weighted by molar-refractivity contribution is 0.141. The first-order chi connectivity index (χ1) is 13.3. The Labute approximate surface area is 157 Å². The van der Waals surface area contributed by atoms with E-state index >= 15 is 0 Å². The standard InChI is InChI=1S/C22H14F6/c1-12(23)21(26)16-8-6-14(7-9-16)13-2-4-15(5-3-13)17-10-18(24)20(22(27)28)19(25)11-17/h2-11,22H,1H3/b21-12+. The Morgan fingerprint density at radius 3 is 1.46 bits per heavy atom. The summed E-state index contributed by atoms with van der Waals surface area (Å²) in [5.41, 5.74) is 0.912. The third-order valence-electron chi connectivity index (χ3n) is 4.29. The lowest BCUT2D eigenvalue weighted by Gasteiger charge is -2.09. The minimum absolute atomic E-state index is 0.116. The summed E-state index contributed by atoms with van der Waals surface area (Å²) in [5, 5.41) is 0. The van der Waals surface area contributed by atoms with Crippen LogP contribution in [-0.2, 0) is 0 Å². The molecule has 0 amide bonds. The third kappa shape index (κ3) is 3.96.